The summed E-state index contributed by atoms with van der Waals surface area (Å²) in [4.78, 5) is 2.49. The number of nitrogens with one attached hydrogen (secondary N) is 1. The molecule has 1 aliphatic heterocycles. The Balaban J connectivity index is 1.89. The molecule has 2 fully saturated rings. The fraction of sp³-hybridized carbons (Fsp3) is 1.00. The summed E-state index contributed by atoms with van der Waals surface area (Å²) in [5, 5.41) is 13.9. The lowest BCUT2D eigenvalue weighted by atomic mass is 9.76. The fourth-order valence-electron chi connectivity index (χ4n) is 4.06. The number of hydrogen-bond donors (Lipinski definition) is 2. The van der Waals surface area contributed by atoms with Crippen LogP contribution in [0.25, 0.3) is 0 Å². The molecule has 0 aromatic rings. The molecule has 1 heterocycles. The lowest BCUT2D eigenvalue weighted by Crippen LogP contribution is -2.46. The van der Waals surface area contributed by atoms with Crippen molar-refractivity contribution in [3.63, 3.8) is 0 Å². The molecule has 4 atom stereocenters. The van der Waals surface area contributed by atoms with E-state index in [1.807, 2.05) is 6.92 Å². The molecule has 2 aliphatic rings. The Labute approximate surface area is 125 Å². The van der Waals surface area contributed by atoms with Crippen LogP contribution >= 0.6 is 0 Å². The lowest BCUT2D eigenvalue weighted by Gasteiger charge is -2.38. The van der Waals surface area contributed by atoms with Crippen LogP contribution < -0.4 is 5.32 Å². The van der Waals surface area contributed by atoms with Gasteiger partial charge in [0.25, 0.3) is 0 Å². The van der Waals surface area contributed by atoms with Crippen LogP contribution in [0.1, 0.15) is 59.3 Å². The van der Waals surface area contributed by atoms with Gasteiger partial charge >= 0.3 is 0 Å². The van der Waals surface area contributed by atoms with Crippen LogP contribution in [-0.4, -0.2) is 47.8 Å². The van der Waals surface area contributed by atoms with Crippen LogP contribution in [0, 0.1) is 11.8 Å². The van der Waals surface area contributed by atoms with Crippen LogP contribution in [0.3, 0.4) is 0 Å². The maximum atomic E-state index is 10.1. The average molecular weight is 282 g/mol. The number of likely N-dealkylation sites (tertiary alicyclic amines) is 1. The molecule has 0 aromatic heterocycles. The van der Waals surface area contributed by atoms with Gasteiger partial charge in [-0.05, 0) is 57.4 Å². The second-order valence-electron chi connectivity index (χ2n) is 7.39. The normalized spacial score (nSPS) is 39.3. The maximum absolute atomic E-state index is 10.1. The van der Waals surface area contributed by atoms with Gasteiger partial charge in [-0.3, -0.25) is 0 Å². The molecule has 0 amide bonds. The van der Waals surface area contributed by atoms with E-state index in [2.05, 4.69) is 24.1 Å². The van der Waals surface area contributed by atoms with Crippen molar-refractivity contribution >= 4 is 0 Å². The van der Waals surface area contributed by atoms with Gasteiger partial charge < -0.3 is 15.3 Å². The van der Waals surface area contributed by atoms with E-state index in [0.29, 0.717) is 6.04 Å². The maximum Gasteiger partial charge on any atom is 0.0758 e. The molecule has 1 saturated heterocycles. The van der Waals surface area contributed by atoms with Gasteiger partial charge in [0.05, 0.1) is 5.60 Å². The van der Waals surface area contributed by atoms with E-state index >= 15 is 0 Å². The Morgan fingerprint density at radius 2 is 2.10 bits per heavy atom. The van der Waals surface area contributed by atoms with Crippen molar-refractivity contribution in [1.82, 2.24) is 10.2 Å². The Morgan fingerprint density at radius 3 is 2.70 bits per heavy atom. The van der Waals surface area contributed by atoms with Gasteiger partial charge in [-0.2, -0.15) is 0 Å². The molecule has 3 heteroatoms. The molecule has 0 aromatic carbocycles. The molecule has 4 unspecified atom stereocenters. The molecule has 3 nitrogen and oxygen atoms in total. The van der Waals surface area contributed by atoms with Gasteiger partial charge in [-0.15, -0.1) is 0 Å². The summed E-state index contributed by atoms with van der Waals surface area (Å²) < 4.78 is 0. The molecule has 1 aliphatic carbocycles. The zero-order valence-corrected chi connectivity index (χ0v) is 13.7. The summed E-state index contributed by atoms with van der Waals surface area (Å²) in [6, 6.07) is 0.697. The first kappa shape index (κ1) is 16.3. The highest BCUT2D eigenvalue weighted by Crippen LogP contribution is 2.33. The van der Waals surface area contributed by atoms with Crippen LogP contribution in [0.5, 0.6) is 0 Å². The standard InChI is InChI=1S/C17H34N2O/c1-4-9-18-16-7-6-14(5-2)11-15(16)12-19-10-8-17(3,20)13-19/h14-16,18,20H,4-13H2,1-3H3. The SMILES string of the molecule is CCCNC1CCC(CC)CC1CN1CCC(C)(O)C1. The van der Waals surface area contributed by atoms with E-state index in [-0.39, 0.29) is 0 Å². The molecular formula is C17H34N2O. The first-order valence-corrected chi connectivity index (χ1v) is 8.72. The second kappa shape index (κ2) is 7.24. The van der Waals surface area contributed by atoms with Crippen LogP contribution in [0.15, 0.2) is 0 Å². The first-order chi connectivity index (χ1) is 9.54. The molecular weight excluding hydrogens is 248 g/mol. The minimum atomic E-state index is -0.453. The topological polar surface area (TPSA) is 35.5 Å². The van der Waals surface area contributed by atoms with E-state index in [9.17, 15) is 5.11 Å². The molecule has 118 valence electrons. The van der Waals surface area contributed by atoms with Crippen molar-refractivity contribution in [2.45, 2.75) is 70.9 Å². The zero-order valence-electron chi connectivity index (χ0n) is 13.7. The van der Waals surface area contributed by atoms with Gasteiger partial charge in [-0.25, -0.2) is 0 Å². The molecule has 2 N–H and O–H groups in total. The Morgan fingerprint density at radius 1 is 1.30 bits per heavy atom. The summed E-state index contributed by atoms with van der Waals surface area (Å²) in [6.45, 7) is 10.8. The molecule has 0 bridgehead atoms. The third-order valence-corrected chi connectivity index (χ3v) is 5.35. The van der Waals surface area contributed by atoms with Crippen LogP contribution in [0.4, 0.5) is 0 Å². The first-order valence-electron chi connectivity index (χ1n) is 8.72. The molecule has 0 radical (unpaired) electrons. The van der Waals surface area contributed by atoms with E-state index in [1.165, 1.54) is 38.6 Å². The molecule has 0 spiro atoms. The van der Waals surface area contributed by atoms with Gasteiger partial charge in [-0.1, -0.05) is 20.3 Å². The molecule has 2 rings (SSSR count). The van der Waals surface area contributed by atoms with E-state index in [1.54, 1.807) is 0 Å². The van der Waals surface area contributed by atoms with E-state index in [0.717, 1.165) is 37.9 Å². The van der Waals surface area contributed by atoms with Crippen LogP contribution in [0.2, 0.25) is 0 Å². The van der Waals surface area contributed by atoms with Crippen LogP contribution in [-0.2, 0) is 0 Å². The monoisotopic (exact) mass is 282 g/mol. The van der Waals surface area contributed by atoms with Gasteiger partial charge in [0, 0.05) is 25.7 Å². The molecule has 20 heavy (non-hydrogen) atoms. The minimum Gasteiger partial charge on any atom is -0.389 e. The number of rotatable bonds is 6. The molecule has 1 saturated carbocycles. The third kappa shape index (κ3) is 4.44. The Kier molecular flexibility index (Phi) is 5.88. The second-order valence-corrected chi connectivity index (χ2v) is 7.39. The highest BCUT2D eigenvalue weighted by atomic mass is 16.3. The fourth-order valence-corrected chi connectivity index (χ4v) is 4.06. The highest BCUT2D eigenvalue weighted by Gasteiger charge is 2.35. The van der Waals surface area contributed by atoms with E-state index < -0.39 is 5.60 Å². The van der Waals surface area contributed by atoms with Gasteiger partial charge in [0.15, 0.2) is 0 Å². The average Bonchev–Trinajstić information content (AvgIpc) is 2.76. The summed E-state index contributed by atoms with van der Waals surface area (Å²) >= 11 is 0. The van der Waals surface area contributed by atoms with Crippen molar-refractivity contribution in [2.24, 2.45) is 11.8 Å². The highest BCUT2D eigenvalue weighted by molar-refractivity contribution is 4.91. The minimum absolute atomic E-state index is 0.453. The van der Waals surface area contributed by atoms with Crippen molar-refractivity contribution < 1.29 is 5.11 Å². The largest absolute Gasteiger partial charge is 0.389 e. The third-order valence-electron chi connectivity index (χ3n) is 5.35. The Hall–Kier alpha value is -0.120. The summed E-state index contributed by atoms with van der Waals surface area (Å²) in [6.07, 6.45) is 7.59. The number of nitrogens with zero attached hydrogens (tertiary/aromatic N) is 1. The predicted molar refractivity (Wildman–Crippen MR) is 84.9 cm³/mol. The van der Waals surface area contributed by atoms with Crippen molar-refractivity contribution in [1.29, 1.82) is 0 Å². The summed E-state index contributed by atoms with van der Waals surface area (Å²) in [5.74, 6) is 1.69. The lowest BCUT2D eigenvalue weighted by molar-refractivity contribution is 0.0621. The van der Waals surface area contributed by atoms with Crippen molar-refractivity contribution in [2.75, 3.05) is 26.2 Å². The predicted octanol–water partition coefficient (Wildman–Crippen LogP) is 2.64. The Bertz CT molecular complexity index is 293. The summed E-state index contributed by atoms with van der Waals surface area (Å²) in [7, 11) is 0. The zero-order chi connectivity index (χ0) is 14.6. The number of aliphatic hydroxyl groups is 1. The number of β-amino-alcohol motifs (C(OH)–C–C–N with tert-alkyl or cyclic N) is 1. The smallest absolute Gasteiger partial charge is 0.0758 e. The van der Waals surface area contributed by atoms with Crippen molar-refractivity contribution in [3.05, 3.63) is 0 Å². The summed E-state index contributed by atoms with van der Waals surface area (Å²) in [5.41, 5.74) is -0.453. The van der Waals surface area contributed by atoms with Crippen molar-refractivity contribution in [3.8, 4) is 0 Å². The van der Waals surface area contributed by atoms with Gasteiger partial charge in [0.1, 0.15) is 0 Å². The van der Waals surface area contributed by atoms with Gasteiger partial charge in [0.2, 0.25) is 0 Å². The quantitative estimate of drug-likeness (QED) is 0.786. The number of hydrogen-bond acceptors (Lipinski definition) is 3. The van der Waals surface area contributed by atoms with E-state index in [4.69, 9.17) is 0 Å².